The minimum Gasteiger partial charge on any atom is -0.310 e. The Morgan fingerprint density at radius 2 is 1.62 bits per heavy atom. The van der Waals surface area contributed by atoms with Gasteiger partial charge in [0.1, 0.15) is 0 Å². The van der Waals surface area contributed by atoms with Gasteiger partial charge in [0.25, 0.3) is 0 Å². The van der Waals surface area contributed by atoms with Crippen LogP contribution in [0.4, 0.5) is 0 Å². The lowest BCUT2D eigenvalue weighted by Gasteiger charge is -2.26. The van der Waals surface area contributed by atoms with E-state index in [1.165, 1.54) is 65.5 Å². The first kappa shape index (κ1) is 18.5. The molecular formula is C26H29N3. The molecule has 0 spiro atoms. The summed E-state index contributed by atoms with van der Waals surface area (Å²) in [6.45, 7) is 0.962. The highest BCUT2D eigenvalue weighted by Crippen LogP contribution is 2.26. The van der Waals surface area contributed by atoms with E-state index in [1.807, 2.05) is 6.20 Å². The molecule has 5 rings (SSSR count). The summed E-state index contributed by atoms with van der Waals surface area (Å²) in [5.41, 5.74) is 9.27. The second-order valence-electron chi connectivity index (χ2n) is 8.59. The van der Waals surface area contributed by atoms with Crippen molar-refractivity contribution in [1.82, 2.24) is 15.5 Å². The number of nitrogens with one attached hydrogen (secondary N) is 1. The monoisotopic (exact) mass is 383 g/mol. The van der Waals surface area contributed by atoms with E-state index in [2.05, 4.69) is 64.0 Å². The van der Waals surface area contributed by atoms with Crippen molar-refractivity contribution in [3.8, 4) is 11.1 Å². The Morgan fingerprint density at radius 3 is 2.41 bits per heavy atom. The number of nitrogens with zero attached hydrogens (tertiary/aromatic N) is 2. The maximum atomic E-state index is 4.50. The molecule has 0 amide bonds. The number of aryl methyl sites for hydroxylation is 1. The zero-order valence-corrected chi connectivity index (χ0v) is 17.0. The van der Waals surface area contributed by atoms with Crippen molar-refractivity contribution in [3.63, 3.8) is 0 Å². The molecule has 1 heterocycles. The first-order chi connectivity index (χ1) is 14.3. The summed E-state index contributed by atoms with van der Waals surface area (Å²) >= 11 is 0. The maximum absolute atomic E-state index is 4.50. The highest BCUT2D eigenvalue weighted by molar-refractivity contribution is 5.65. The van der Waals surface area contributed by atoms with Gasteiger partial charge in [-0.25, -0.2) is 0 Å². The van der Waals surface area contributed by atoms with Gasteiger partial charge in [0.05, 0.1) is 11.9 Å². The third-order valence-corrected chi connectivity index (χ3v) is 6.51. The van der Waals surface area contributed by atoms with Crippen molar-refractivity contribution in [1.29, 1.82) is 0 Å². The Balaban J connectivity index is 1.35. The fraction of sp³-hybridized carbons (Fsp3) is 0.385. The summed E-state index contributed by atoms with van der Waals surface area (Å²) < 4.78 is 0. The molecule has 1 saturated carbocycles. The molecule has 0 unspecified atom stereocenters. The lowest BCUT2D eigenvalue weighted by Crippen LogP contribution is -2.34. The van der Waals surface area contributed by atoms with E-state index in [0.29, 0.717) is 0 Å². The zero-order valence-electron chi connectivity index (χ0n) is 17.0. The molecule has 0 aliphatic heterocycles. The molecule has 3 aromatic rings. The second-order valence-corrected chi connectivity index (χ2v) is 8.59. The Bertz CT molecular complexity index is 991. The lowest BCUT2D eigenvalue weighted by atomic mass is 9.90. The summed E-state index contributed by atoms with van der Waals surface area (Å²) in [5.74, 6) is 0. The number of benzene rings is 2. The van der Waals surface area contributed by atoms with Gasteiger partial charge in [-0.05, 0) is 78.0 Å². The van der Waals surface area contributed by atoms with Gasteiger partial charge >= 0.3 is 0 Å². The van der Waals surface area contributed by atoms with Crippen molar-refractivity contribution in [2.75, 3.05) is 0 Å². The van der Waals surface area contributed by atoms with Crippen LogP contribution in [0, 0.1) is 0 Å². The molecule has 3 nitrogen and oxygen atoms in total. The van der Waals surface area contributed by atoms with Crippen LogP contribution < -0.4 is 5.32 Å². The summed E-state index contributed by atoms with van der Waals surface area (Å²) in [4.78, 5) is 0. The first-order valence-electron chi connectivity index (χ1n) is 11.1. The molecule has 1 fully saturated rings. The largest absolute Gasteiger partial charge is 0.310 e. The van der Waals surface area contributed by atoms with Gasteiger partial charge in [-0.3, -0.25) is 0 Å². The van der Waals surface area contributed by atoms with Crippen LogP contribution in [-0.2, 0) is 25.8 Å². The molecule has 0 radical (unpaired) electrons. The minimum absolute atomic E-state index is 0.722. The van der Waals surface area contributed by atoms with Crippen LogP contribution >= 0.6 is 0 Å². The number of aromatic nitrogens is 2. The topological polar surface area (TPSA) is 37.8 Å². The third kappa shape index (κ3) is 4.25. The van der Waals surface area contributed by atoms with Crippen LogP contribution in [0.3, 0.4) is 0 Å². The molecule has 29 heavy (non-hydrogen) atoms. The predicted octanol–water partition coefficient (Wildman–Crippen LogP) is 5.26. The number of hydrogen-bond acceptors (Lipinski definition) is 3. The molecule has 2 aromatic carbocycles. The summed E-state index contributed by atoms with van der Waals surface area (Å²) in [7, 11) is 0. The molecule has 1 aromatic heterocycles. The van der Waals surface area contributed by atoms with Crippen LogP contribution in [0.2, 0.25) is 0 Å². The summed E-state index contributed by atoms with van der Waals surface area (Å²) in [6, 6.07) is 18.6. The Labute approximate surface area is 173 Å². The van der Waals surface area contributed by atoms with E-state index >= 15 is 0 Å². The van der Waals surface area contributed by atoms with E-state index in [9.17, 15) is 0 Å². The fourth-order valence-electron chi connectivity index (χ4n) is 4.56. The molecule has 3 heteroatoms. The van der Waals surface area contributed by atoms with Crippen LogP contribution in [0.15, 0.2) is 54.7 Å². The van der Waals surface area contributed by atoms with E-state index in [0.717, 1.165) is 37.5 Å². The predicted molar refractivity (Wildman–Crippen MR) is 118 cm³/mol. The summed E-state index contributed by atoms with van der Waals surface area (Å²) in [5, 5.41) is 12.4. The Kier molecular flexibility index (Phi) is 5.40. The van der Waals surface area contributed by atoms with Crippen LogP contribution in [-0.4, -0.2) is 16.2 Å². The van der Waals surface area contributed by atoms with Gasteiger partial charge in [-0.1, -0.05) is 48.9 Å². The van der Waals surface area contributed by atoms with E-state index in [-0.39, 0.29) is 0 Å². The third-order valence-electron chi connectivity index (χ3n) is 6.51. The zero-order chi connectivity index (χ0) is 19.5. The van der Waals surface area contributed by atoms with Crippen LogP contribution in [0.25, 0.3) is 11.1 Å². The summed E-state index contributed by atoms with van der Waals surface area (Å²) in [6.07, 6.45) is 11.7. The van der Waals surface area contributed by atoms with Crippen molar-refractivity contribution in [2.24, 2.45) is 0 Å². The van der Waals surface area contributed by atoms with Gasteiger partial charge in [0.2, 0.25) is 0 Å². The minimum atomic E-state index is 0.722. The molecule has 0 bridgehead atoms. The fourth-order valence-corrected chi connectivity index (χ4v) is 4.56. The maximum Gasteiger partial charge on any atom is 0.0709 e. The van der Waals surface area contributed by atoms with Crippen molar-refractivity contribution in [2.45, 2.75) is 64.0 Å². The van der Waals surface area contributed by atoms with Gasteiger partial charge in [-0.15, -0.1) is 0 Å². The SMILES string of the molecule is c1cc(CNC2CCC2)cc(-c2cccc(Cc3nncc4c3CCCC4)c2)c1. The van der Waals surface area contributed by atoms with Crippen molar-refractivity contribution < 1.29 is 0 Å². The number of hydrogen-bond donors (Lipinski definition) is 1. The van der Waals surface area contributed by atoms with Gasteiger partial charge in [0.15, 0.2) is 0 Å². The van der Waals surface area contributed by atoms with E-state index in [1.54, 1.807) is 0 Å². The average molecular weight is 384 g/mol. The average Bonchev–Trinajstić information content (AvgIpc) is 2.73. The molecule has 1 N–H and O–H groups in total. The molecule has 148 valence electrons. The lowest BCUT2D eigenvalue weighted by molar-refractivity contribution is 0.338. The van der Waals surface area contributed by atoms with Gasteiger partial charge in [-0.2, -0.15) is 10.2 Å². The normalized spacial score (nSPS) is 16.3. The molecule has 2 aliphatic carbocycles. The molecular weight excluding hydrogens is 354 g/mol. The highest BCUT2D eigenvalue weighted by Gasteiger charge is 2.17. The van der Waals surface area contributed by atoms with E-state index in [4.69, 9.17) is 0 Å². The van der Waals surface area contributed by atoms with Crippen molar-refractivity contribution in [3.05, 3.63) is 82.7 Å². The van der Waals surface area contributed by atoms with Crippen molar-refractivity contribution >= 4 is 0 Å². The quantitative estimate of drug-likeness (QED) is 0.631. The second kappa shape index (κ2) is 8.46. The number of fused-ring (bicyclic) bond motifs is 1. The van der Waals surface area contributed by atoms with Crippen LogP contribution in [0.5, 0.6) is 0 Å². The molecule has 0 saturated heterocycles. The van der Waals surface area contributed by atoms with Gasteiger partial charge in [0, 0.05) is 19.0 Å². The first-order valence-corrected chi connectivity index (χ1v) is 11.1. The number of rotatable bonds is 6. The van der Waals surface area contributed by atoms with Gasteiger partial charge < -0.3 is 5.32 Å². The molecule has 0 atom stereocenters. The smallest absolute Gasteiger partial charge is 0.0709 e. The van der Waals surface area contributed by atoms with Crippen LogP contribution in [0.1, 0.15) is 60.1 Å². The molecule has 2 aliphatic rings. The van der Waals surface area contributed by atoms with E-state index < -0.39 is 0 Å². The highest BCUT2D eigenvalue weighted by atomic mass is 15.1. The Hall–Kier alpha value is -2.52. The Morgan fingerprint density at radius 1 is 0.862 bits per heavy atom. The standard InChI is InChI=1S/C26H29N3/c1-2-13-25-23(8-1)18-28-29-26(25)16-19-6-3-9-21(14-19)22-10-4-7-20(15-22)17-27-24-11-5-12-24/h3-4,6-7,9-10,14-15,18,24,27H,1-2,5,8,11-13,16-17H2.